The van der Waals surface area contributed by atoms with E-state index in [1.165, 1.54) is 50.6 Å². The summed E-state index contributed by atoms with van der Waals surface area (Å²) >= 11 is 0. The topological polar surface area (TPSA) is 98.4 Å². The highest BCUT2D eigenvalue weighted by molar-refractivity contribution is 6.51. The average molecular weight is 503 g/mol. The molecule has 1 aliphatic heterocycles. The molecule has 11 heteroatoms. The summed E-state index contributed by atoms with van der Waals surface area (Å²) in [5, 5.41) is 11.2. The molecule has 2 aromatic carbocycles. The first kappa shape index (κ1) is 24.7. The van der Waals surface area contributed by atoms with Crippen LogP contribution in [0.4, 0.5) is 18.9 Å². The molecule has 1 unspecified atom stereocenters. The van der Waals surface area contributed by atoms with Crippen molar-refractivity contribution < 1.29 is 46.5 Å². The summed E-state index contributed by atoms with van der Waals surface area (Å²) in [5.74, 6) is -2.14. The van der Waals surface area contributed by atoms with E-state index in [9.17, 15) is 27.9 Å². The van der Waals surface area contributed by atoms with Crippen LogP contribution in [-0.2, 0) is 9.59 Å². The third-order valence-corrected chi connectivity index (χ3v) is 5.47. The van der Waals surface area contributed by atoms with E-state index in [4.69, 9.17) is 13.9 Å². The average Bonchev–Trinajstić information content (AvgIpc) is 3.37. The van der Waals surface area contributed by atoms with Crippen LogP contribution in [0, 0.1) is 6.92 Å². The molecule has 3 aromatic rings. The lowest BCUT2D eigenvalue weighted by Gasteiger charge is -2.24. The Labute approximate surface area is 203 Å². The monoisotopic (exact) mass is 503 g/mol. The number of amides is 1. The van der Waals surface area contributed by atoms with E-state index >= 15 is 0 Å². The lowest BCUT2D eigenvalue weighted by atomic mass is 9.98. The van der Waals surface area contributed by atoms with Crippen LogP contribution in [0.3, 0.4) is 0 Å². The van der Waals surface area contributed by atoms with E-state index in [2.05, 4.69) is 4.74 Å². The van der Waals surface area contributed by atoms with E-state index in [1.54, 1.807) is 13.0 Å². The zero-order valence-electron chi connectivity index (χ0n) is 19.3. The van der Waals surface area contributed by atoms with Gasteiger partial charge in [0.2, 0.25) is 0 Å². The summed E-state index contributed by atoms with van der Waals surface area (Å²) in [4.78, 5) is 27.3. The van der Waals surface area contributed by atoms with Gasteiger partial charge in [0, 0.05) is 17.8 Å². The number of carbonyl (C=O) groups excluding carboxylic acids is 2. The fourth-order valence-electron chi connectivity index (χ4n) is 3.94. The highest BCUT2D eigenvalue weighted by atomic mass is 19.4. The number of anilines is 1. The number of aliphatic hydroxyl groups is 1. The normalized spacial score (nSPS) is 17.4. The molecule has 0 radical (unpaired) electrons. The van der Waals surface area contributed by atoms with Gasteiger partial charge >= 0.3 is 6.36 Å². The number of aryl methyl sites for hydroxylation is 1. The predicted molar refractivity (Wildman–Crippen MR) is 121 cm³/mol. The molecule has 1 N–H and O–H groups in total. The number of furan rings is 1. The number of halogens is 3. The SMILES string of the molecule is COc1ccc(/C(O)=C2/C(=O)C(=O)N(c3cccc(OC(F)(F)F)c3)C2c2ccc(C)o2)c(OC)c1. The maximum absolute atomic E-state index is 13.2. The molecule has 1 aromatic heterocycles. The van der Waals surface area contributed by atoms with Gasteiger partial charge in [0.05, 0.1) is 25.4 Å². The number of hydrogen-bond donors (Lipinski definition) is 1. The molecule has 1 atom stereocenters. The van der Waals surface area contributed by atoms with Crippen molar-refractivity contribution in [2.45, 2.75) is 19.3 Å². The summed E-state index contributed by atoms with van der Waals surface area (Å²) in [6.07, 6.45) is -4.96. The Bertz CT molecular complexity index is 1360. The van der Waals surface area contributed by atoms with Gasteiger partial charge in [-0.3, -0.25) is 14.5 Å². The van der Waals surface area contributed by atoms with Crippen LogP contribution >= 0.6 is 0 Å². The van der Waals surface area contributed by atoms with Gasteiger partial charge in [-0.25, -0.2) is 0 Å². The molecule has 0 bridgehead atoms. The number of carbonyl (C=O) groups is 2. The Morgan fingerprint density at radius 1 is 1.00 bits per heavy atom. The summed E-state index contributed by atoms with van der Waals surface area (Å²) in [6, 6.07) is 10.9. The largest absolute Gasteiger partial charge is 0.573 e. The molecular formula is C25H20F3NO7. The number of methoxy groups -OCH3 is 2. The summed E-state index contributed by atoms with van der Waals surface area (Å²) in [5.41, 5.74) is -0.308. The van der Waals surface area contributed by atoms with Crippen LogP contribution in [0.15, 0.2) is 64.6 Å². The fraction of sp³-hybridized carbons (Fsp3) is 0.200. The van der Waals surface area contributed by atoms with Crippen LogP contribution in [0.1, 0.15) is 23.1 Å². The molecule has 0 spiro atoms. The molecule has 4 rings (SSSR count). The molecule has 36 heavy (non-hydrogen) atoms. The number of ether oxygens (including phenoxy) is 3. The predicted octanol–water partition coefficient (Wildman–Crippen LogP) is 5.13. The van der Waals surface area contributed by atoms with Crippen LogP contribution in [-0.4, -0.2) is 37.4 Å². The maximum atomic E-state index is 13.2. The standard InChI is InChI=1S/C25H20F3NO7/c1-13-7-10-18(35-13)21-20(22(30)17-9-8-15(33-2)12-19(17)34-3)23(31)24(32)29(21)14-5-4-6-16(11-14)36-25(26,27)28/h4-12,21,30H,1-3H3/b22-20-. The third kappa shape index (κ3) is 4.59. The summed E-state index contributed by atoms with van der Waals surface area (Å²) in [7, 11) is 2.79. The third-order valence-electron chi connectivity index (χ3n) is 5.47. The van der Waals surface area contributed by atoms with Crippen LogP contribution in [0.25, 0.3) is 5.76 Å². The zero-order chi connectivity index (χ0) is 26.2. The van der Waals surface area contributed by atoms with Gasteiger partial charge in [-0.1, -0.05) is 6.07 Å². The number of hydrogen-bond acceptors (Lipinski definition) is 7. The minimum absolute atomic E-state index is 0.0707. The molecule has 1 fully saturated rings. The Kier molecular flexibility index (Phi) is 6.40. The number of nitrogens with zero attached hydrogens (tertiary/aromatic N) is 1. The van der Waals surface area contributed by atoms with Gasteiger partial charge in [-0.15, -0.1) is 13.2 Å². The molecule has 1 amide bonds. The molecule has 0 aliphatic carbocycles. The molecule has 188 valence electrons. The second-order valence-electron chi connectivity index (χ2n) is 7.73. The second-order valence-corrected chi connectivity index (χ2v) is 7.73. The number of benzene rings is 2. The molecule has 0 saturated carbocycles. The lowest BCUT2D eigenvalue weighted by molar-refractivity contribution is -0.274. The van der Waals surface area contributed by atoms with Crippen molar-refractivity contribution in [1.29, 1.82) is 0 Å². The van der Waals surface area contributed by atoms with Gasteiger partial charge in [0.25, 0.3) is 11.7 Å². The summed E-state index contributed by atoms with van der Waals surface area (Å²) < 4.78 is 58.5. The van der Waals surface area contributed by atoms with Crippen molar-refractivity contribution in [1.82, 2.24) is 0 Å². The molecule has 2 heterocycles. The van der Waals surface area contributed by atoms with Crippen molar-refractivity contribution in [2.75, 3.05) is 19.1 Å². The van der Waals surface area contributed by atoms with Crippen molar-refractivity contribution in [2.24, 2.45) is 0 Å². The Balaban J connectivity index is 1.91. The van der Waals surface area contributed by atoms with E-state index in [0.29, 0.717) is 11.5 Å². The minimum Gasteiger partial charge on any atom is -0.507 e. The fourth-order valence-corrected chi connectivity index (χ4v) is 3.94. The second kappa shape index (κ2) is 9.33. The Hall–Kier alpha value is -4.41. The summed E-state index contributed by atoms with van der Waals surface area (Å²) in [6.45, 7) is 1.64. The molecule has 8 nitrogen and oxygen atoms in total. The first-order valence-corrected chi connectivity index (χ1v) is 10.5. The highest BCUT2D eigenvalue weighted by Crippen LogP contribution is 2.44. The van der Waals surface area contributed by atoms with Crippen molar-refractivity contribution in [3.8, 4) is 17.2 Å². The van der Waals surface area contributed by atoms with Crippen molar-refractivity contribution in [3.63, 3.8) is 0 Å². The van der Waals surface area contributed by atoms with Gasteiger partial charge in [0.1, 0.15) is 40.6 Å². The zero-order valence-corrected chi connectivity index (χ0v) is 19.3. The van der Waals surface area contributed by atoms with E-state index in [0.717, 1.165) is 17.0 Å². The smallest absolute Gasteiger partial charge is 0.507 e. The van der Waals surface area contributed by atoms with Crippen LogP contribution in [0.2, 0.25) is 0 Å². The van der Waals surface area contributed by atoms with E-state index < -0.39 is 35.6 Å². The Morgan fingerprint density at radius 2 is 1.75 bits per heavy atom. The number of alkyl halides is 3. The van der Waals surface area contributed by atoms with Crippen LogP contribution in [0.5, 0.6) is 17.2 Å². The maximum Gasteiger partial charge on any atom is 0.573 e. The number of Topliss-reactive ketones (excluding diaryl/α,β-unsaturated/α-hetero) is 1. The van der Waals surface area contributed by atoms with Gasteiger partial charge in [0.15, 0.2) is 0 Å². The number of rotatable bonds is 6. The van der Waals surface area contributed by atoms with Gasteiger partial charge in [-0.2, -0.15) is 0 Å². The Morgan fingerprint density at radius 3 is 2.36 bits per heavy atom. The molecular weight excluding hydrogens is 483 g/mol. The minimum atomic E-state index is -4.96. The van der Waals surface area contributed by atoms with Gasteiger partial charge in [-0.05, 0) is 43.3 Å². The van der Waals surface area contributed by atoms with Crippen LogP contribution < -0.4 is 19.1 Å². The molecule has 1 saturated heterocycles. The van der Waals surface area contributed by atoms with Crippen molar-refractivity contribution >= 4 is 23.1 Å². The quantitative estimate of drug-likeness (QED) is 0.283. The lowest BCUT2D eigenvalue weighted by Crippen LogP contribution is -2.29. The first-order chi connectivity index (χ1) is 17.0. The van der Waals surface area contributed by atoms with Crippen molar-refractivity contribution in [3.05, 3.63) is 77.3 Å². The number of ketones is 1. The van der Waals surface area contributed by atoms with Gasteiger partial charge < -0.3 is 23.7 Å². The highest BCUT2D eigenvalue weighted by Gasteiger charge is 2.49. The van der Waals surface area contributed by atoms with E-state index in [-0.39, 0.29) is 28.3 Å². The first-order valence-electron chi connectivity index (χ1n) is 10.5. The molecule has 1 aliphatic rings. The van der Waals surface area contributed by atoms with E-state index in [1.807, 2.05) is 0 Å². The number of aliphatic hydroxyl groups excluding tert-OH is 1.